The van der Waals surface area contributed by atoms with E-state index in [0.717, 1.165) is 0 Å². The number of carbonyl (C=O) groups excluding carboxylic acids is 2. The molecular formula is C16H24N2O4S. The second-order valence-electron chi connectivity index (χ2n) is 5.61. The smallest absolute Gasteiger partial charge is 0.242 e. The highest BCUT2D eigenvalue weighted by Gasteiger charge is 2.27. The molecule has 0 radical (unpaired) electrons. The van der Waals surface area contributed by atoms with E-state index in [1.165, 1.54) is 11.8 Å². The highest BCUT2D eigenvalue weighted by Crippen LogP contribution is 2.11. The van der Waals surface area contributed by atoms with Gasteiger partial charge in [0.05, 0.1) is 5.75 Å². The Labute approximate surface area is 137 Å². The van der Waals surface area contributed by atoms with Gasteiger partial charge in [-0.15, -0.1) is 0 Å². The van der Waals surface area contributed by atoms with Crippen molar-refractivity contribution >= 4 is 27.3 Å². The van der Waals surface area contributed by atoms with Crippen LogP contribution >= 0.6 is 0 Å². The highest BCUT2D eigenvalue weighted by atomic mass is 32.2. The first-order valence-corrected chi connectivity index (χ1v) is 9.23. The zero-order valence-corrected chi connectivity index (χ0v) is 14.6. The molecular weight excluding hydrogens is 316 g/mol. The van der Waals surface area contributed by atoms with Gasteiger partial charge in [-0.05, 0) is 31.9 Å². The van der Waals surface area contributed by atoms with Crippen LogP contribution in [0.15, 0.2) is 30.3 Å². The Bertz CT molecular complexity index is 627. The van der Waals surface area contributed by atoms with Gasteiger partial charge in [0.1, 0.15) is 5.25 Å². The molecule has 1 aromatic carbocycles. The molecule has 0 aliphatic carbocycles. The standard InChI is InChI=1S/C16H24N2O4S/c1-13(16(20)17-14-9-5-4-6-10-14)23(21,22)12-8-7-11-15(19)18(2)3/h4-6,9-10,13H,7-8,11-12H2,1-3H3,(H,17,20)/t13-/m1/s1. The molecule has 0 heterocycles. The van der Waals surface area contributed by atoms with Crippen molar-refractivity contribution in [2.45, 2.75) is 31.4 Å². The Hall–Kier alpha value is -1.89. The molecule has 7 heteroatoms. The number of nitrogens with one attached hydrogen (secondary N) is 1. The van der Waals surface area contributed by atoms with Gasteiger partial charge in [0.25, 0.3) is 0 Å². The highest BCUT2D eigenvalue weighted by molar-refractivity contribution is 7.92. The van der Waals surface area contributed by atoms with Crippen molar-refractivity contribution in [1.82, 2.24) is 4.90 Å². The third kappa shape index (κ3) is 6.40. The lowest BCUT2D eigenvalue weighted by atomic mass is 10.2. The number of anilines is 1. The van der Waals surface area contributed by atoms with E-state index in [-0.39, 0.29) is 11.7 Å². The number of benzene rings is 1. The number of para-hydroxylation sites is 1. The van der Waals surface area contributed by atoms with Gasteiger partial charge >= 0.3 is 0 Å². The third-order valence-electron chi connectivity index (χ3n) is 3.52. The molecule has 2 amide bonds. The molecule has 0 saturated heterocycles. The van der Waals surface area contributed by atoms with Gasteiger partial charge in [-0.25, -0.2) is 8.42 Å². The minimum atomic E-state index is -3.53. The molecule has 128 valence electrons. The van der Waals surface area contributed by atoms with Crippen molar-refractivity contribution in [2.75, 3.05) is 25.2 Å². The first-order chi connectivity index (χ1) is 10.7. The Morgan fingerprint density at radius 3 is 2.30 bits per heavy atom. The number of sulfone groups is 1. The summed E-state index contributed by atoms with van der Waals surface area (Å²) in [6.07, 6.45) is 1.17. The summed E-state index contributed by atoms with van der Waals surface area (Å²) in [6, 6.07) is 8.73. The lowest BCUT2D eigenvalue weighted by Gasteiger charge is -2.14. The van der Waals surface area contributed by atoms with E-state index in [2.05, 4.69) is 5.32 Å². The summed E-state index contributed by atoms with van der Waals surface area (Å²) in [6.45, 7) is 1.39. The summed E-state index contributed by atoms with van der Waals surface area (Å²) in [5.41, 5.74) is 0.566. The minimum Gasteiger partial charge on any atom is -0.349 e. The fourth-order valence-corrected chi connectivity index (χ4v) is 3.25. The number of hydrogen-bond acceptors (Lipinski definition) is 4. The molecule has 0 unspecified atom stereocenters. The maximum absolute atomic E-state index is 12.2. The maximum atomic E-state index is 12.2. The van der Waals surface area contributed by atoms with Crippen molar-refractivity contribution in [2.24, 2.45) is 0 Å². The zero-order valence-electron chi connectivity index (χ0n) is 13.8. The van der Waals surface area contributed by atoms with E-state index in [0.29, 0.717) is 24.9 Å². The normalized spacial score (nSPS) is 12.5. The van der Waals surface area contributed by atoms with Crippen LogP contribution in [0.5, 0.6) is 0 Å². The summed E-state index contributed by atoms with van der Waals surface area (Å²) in [7, 11) is -0.211. The van der Waals surface area contributed by atoms with E-state index < -0.39 is 21.0 Å². The molecule has 0 bridgehead atoms. The van der Waals surface area contributed by atoms with Gasteiger partial charge in [0.15, 0.2) is 9.84 Å². The quantitative estimate of drug-likeness (QED) is 0.730. The van der Waals surface area contributed by atoms with Crippen LogP contribution in [0.25, 0.3) is 0 Å². The average molecular weight is 340 g/mol. The molecule has 23 heavy (non-hydrogen) atoms. The van der Waals surface area contributed by atoms with Crippen LogP contribution < -0.4 is 5.32 Å². The lowest BCUT2D eigenvalue weighted by Crippen LogP contribution is -2.34. The molecule has 0 saturated carbocycles. The fraction of sp³-hybridized carbons (Fsp3) is 0.500. The van der Waals surface area contributed by atoms with Crippen LogP contribution in [0.3, 0.4) is 0 Å². The van der Waals surface area contributed by atoms with E-state index in [4.69, 9.17) is 0 Å². The Morgan fingerprint density at radius 2 is 1.74 bits per heavy atom. The number of hydrogen-bond donors (Lipinski definition) is 1. The van der Waals surface area contributed by atoms with Crippen LogP contribution in [-0.2, 0) is 19.4 Å². The monoisotopic (exact) mass is 340 g/mol. The van der Waals surface area contributed by atoms with Gasteiger partial charge in [0, 0.05) is 26.2 Å². The first kappa shape index (κ1) is 19.2. The second kappa shape index (κ2) is 8.67. The molecule has 1 rings (SSSR count). The summed E-state index contributed by atoms with van der Waals surface area (Å²) in [5.74, 6) is -0.672. The summed E-state index contributed by atoms with van der Waals surface area (Å²) < 4.78 is 24.4. The maximum Gasteiger partial charge on any atom is 0.242 e. The van der Waals surface area contributed by atoms with Crippen LogP contribution in [0.2, 0.25) is 0 Å². The van der Waals surface area contributed by atoms with E-state index in [1.807, 2.05) is 6.07 Å². The Morgan fingerprint density at radius 1 is 1.13 bits per heavy atom. The Balaban J connectivity index is 2.48. The van der Waals surface area contributed by atoms with Crippen molar-refractivity contribution in [1.29, 1.82) is 0 Å². The number of rotatable bonds is 8. The van der Waals surface area contributed by atoms with Gasteiger partial charge in [-0.1, -0.05) is 18.2 Å². The van der Waals surface area contributed by atoms with Crippen LogP contribution in [-0.4, -0.2) is 50.2 Å². The molecule has 1 atom stereocenters. The van der Waals surface area contributed by atoms with Gasteiger partial charge in [0.2, 0.25) is 11.8 Å². The van der Waals surface area contributed by atoms with Crippen LogP contribution in [0, 0.1) is 0 Å². The van der Waals surface area contributed by atoms with E-state index in [9.17, 15) is 18.0 Å². The SMILES string of the molecule is C[C@H](C(=O)Nc1ccccc1)S(=O)(=O)CCCCC(=O)N(C)C. The molecule has 1 N–H and O–H groups in total. The van der Waals surface area contributed by atoms with E-state index >= 15 is 0 Å². The number of amides is 2. The summed E-state index contributed by atoms with van der Waals surface area (Å²) in [4.78, 5) is 24.9. The summed E-state index contributed by atoms with van der Waals surface area (Å²) in [5, 5.41) is 1.47. The molecule has 0 fully saturated rings. The summed E-state index contributed by atoms with van der Waals surface area (Å²) >= 11 is 0. The van der Waals surface area contributed by atoms with Gasteiger partial charge in [-0.2, -0.15) is 0 Å². The van der Waals surface area contributed by atoms with Crippen molar-refractivity contribution < 1.29 is 18.0 Å². The van der Waals surface area contributed by atoms with Gasteiger partial charge in [-0.3, -0.25) is 9.59 Å². The van der Waals surface area contributed by atoms with Crippen LogP contribution in [0.1, 0.15) is 26.2 Å². The topological polar surface area (TPSA) is 83.5 Å². The van der Waals surface area contributed by atoms with Gasteiger partial charge < -0.3 is 10.2 Å². The molecule has 0 aliphatic rings. The average Bonchev–Trinajstić information content (AvgIpc) is 2.51. The largest absolute Gasteiger partial charge is 0.349 e. The fourth-order valence-electron chi connectivity index (χ4n) is 1.91. The Kier molecular flexibility index (Phi) is 7.22. The van der Waals surface area contributed by atoms with Crippen molar-refractivity contribution in [3.8, 4) is 0 Å². The lowest BCUT2D eigenvalue weighted by molar-refractivity contribution is -0.128. The molecule has 0 spiro atoms. The second-order valence-corrected chi connectivity index (χ2v) is 8.05. The van der Waals surface area contributed by atoms with Crippen molar-refractivity contribution in [3.05, 3.63) is 30.3 Å². The van der Waals surface area contributed by atoms with Crippen molar-refractivity contribution in [3.63, 3.8) is 0 Å². The molecule has 0 aromatic heterocycles. The number of unbranched alkanes of at least 4 members (excludes halogenated alkanes) is 1. The first-order valence-electron chi connectivity index (χ1n) is 7.51. The number of nitrogens with zero attached hydrogens (tertiary/aromatic N) is 1. The van der Waals surface area contributed by atoms with Crippen LogP contribution in [0.4, 0.5) is 5.69 Å². The zero-order chi connectivity index (χ0) is 17.5. The molecule has 6 nitrogen and oxygen atoms in total. The predicted molar refractivity (Wildman–Crippen MR) is 90.9 cm³/mol. The van der Waals surface area contributed by atoms with E-state index in [1.54, 1.807) is 38.4 Å². The third-order valence-corrected chi connectivity index (χ3v) is 5.67. The number of carbonyl (C=O) groups is 2. The molecule has 1 aromatic rings. The minimum absolute atomic E-state index is 0.0303. The molecule has 0 aliphatic heterocycles. The predicted octanol–water partition coefficient (Wildman–Crippen LogP) is 1.69.